The summed E-state index contributed by atoms with van der Waals surface area (Å²) in [5, 5.41) is 0.498. The molecule has 0 amide bonds. The molecule has 0 fully saturated rings. The molecule has 134 valence electrons. The fourth-order valence-corrected chi connectivity index (χ4v) is 2.97. The molecule has 2 aromatic carbocycles. The largest absolute Gasteiger partial charge is 0.462 e. The first-order valence-corrected chi connectivity index (χ1v) is 8.75. The Morgan fingerprint density at radius 2 is 1.69 bits per heavy atom. The zero-order valence-corrected chi connectivity index (χ0v) is 15.6. The Bertz CT molecular complexity index is 1010. The van der Waals surface area contributed by atoms with E-state index in [2.05, 4.69) is 32.9 Å². The number of ether oxygens (including phenoxy) is 1. The molecule has 3 rings (SSSR count). The molecule has 3 aromatic rings. The summed E-state index contributed by atoms with van der Waals surface area (Å²) in [6.07, 6.45) is 1.58. The van der Waals surface area contributed by atoms with E-state index in [0.29, 0.717) is 5.39 Å². The molecule has 0 N–H and O–H groups in total. The molecule has 0 aliphatic carbocycles. The third-order valence-electron chi connectivity index (χ3n) is 4.42. The summed E-state index contributed by atoms with van der Waals surface area (Å²) < 4.78 is 6.93. The lowest BCUT2D eigenvalue weighted by atomic mass is 9.87. The molecule has 0 saturated carbocycles. The standard InChI is InChI=1S/C22H23NO3/c1-5-26-21(25)18-14-23(19-9-7-6-8-17(19)20(18)24)16-12-10-15(11-13-16)22(2,3)4/h6-14H,5H2,1-4H3. The van der Waals surface area contributed by atoms with Crippen LogP contribution in [0.3, 0.4) is 0 Å². The predicted octanol–water partition coefficient (Wildman–Crippen LogP) is 4.46. The molecule has 0 aliphatic rings. The van der Waals surface area contributed by atoms with Gasteiger partial charge in [0.15, 0.2) is 0 Å². The van der Waals surface area contributed by atoms with Crippen LogP contribution in [0.1, 0.15) is 43.6 Å². The summed E-state index contributed by atoms with van der Waals surface area (Å²) >= 11 is 0. The zero-order chi connectivity index (χ0) is 18.9. The fourth-order valence-electron chi connectivity index (χ4n) is 2.97. The summed E-state index contributed by atoms with van der Waals surface area (Å²) in [5.74, 6) is -0.594. The van der Waals surface area contributed by atoms with Crippen LogP contribution in [0.25, 0.3) is 16.6 Å². The minimum atomic E-state index is -0.594. The molecule has 1 aromatic heterocycles. The van der Waals surface area contributed by atoms with Crippen LogP contribution in [0.4, 0.5) is 0 Å². The van der Waals surface area contributed by atoms with Gasteiger partial charge in [0, 0.05) is 17.3 Å². The Hall–Kier alpha value is -2.88. The number of hydrogen-bond donors (Lipinski definition) is 0. The Morgan fingerprint density at radius 3 is 2.31 bits per heavy atom. The summed E-state index contributed by atoms with van der Waals surface area (Å²) in [6, 6.07) is 15.5. The molecule has 4 nitrogen and oxygen atoms in total. The van der Waals surface area contributed by atoms with Gasteiger partial charge in [0.1, 0.15) is 5.56 Å². The number of nitrogens with zero attached hydrogens (tertiary/aromatic N) is 1. The van der Waals surface area contributed by atoms with E-state index in [9.17, 15) is 9.59 Å². The van der Waals surface area contributed by atoms with Crippen LogP contribution < -0.4 is 5.43 Å². The van der Waals surface area contributed by atoms with Gasteiger partial charge in [-0.3, -0.25) is 4.79 Å². The van der Waals surface area contributed by atoms with Crippen LogP contribution in [0.2, 0.25) is 0 Å². The van der Waals surface area contributed by atoms with Crippen molar-refractivity contribution in [2.75, 3.05) is 6.61 Å². The van der Waals surface area contributed by atoms with Gasteiger partial charge in [-0.1, -0.05) is 45.0 Å². The number of hydrogen-bond acceptors (Lipinski definition) is 3. The molecular formula is C22H23NO3. The van der Waals surface area contributed by atoms with Gasteiger partial charge in [-0.2, -0.15) is 0 Å². The molecule has 26 heavy (non-hydrogen) atoms. The number of rotatable bonds is 3. The topological polar surface area (TPSA) is 48.3 Å². The number of pyridine rings is 1. The lowest BCUT2D eigenvalue weighted by Crippen LogP contribution is -2.20. The van der Waals surface area contributed by atoms with E-state index >= 15 is 0 Å². The second-order valence-electron chi connectivity index (χ2n) is 7.28. The number of carbonyl (C=O) groups is 1. The zero-order valence-electron chi connectivity index (χ0n) is 15.6. The third kappa shape index (κ3) is 3.27. The molecule has 0 aliphatic heterocycles. The van der Waals surface area contributed by atoms with E-state index < -0.39 is 5.97 Å². The third-order valence-corrected chi connectivity index (χ3v) is 4.42. The first-order valence-electron chi connectivity index (χ1n) is 8.75. The van der Waals surface area contributed by atoms with E-state index in [-0.39, 0.29) is 23.0 Å². The molecule has 0 spiro atoms. The second-order valence-corrected chi connectivity index (χ2v) is 7.28. The minimum Gasteiger partial charge on any atom is -0.462 e. The Morgan fingerprint density at radius 1 is 1.04 bits per heavy atom. The Balaban J connectivity index is 2.23. The van der Waals surface area contributed by atoms with E-state index in [0.717, 1.165) is 11.2 Å². The molecule has 0 radical (unpaired) electrons. The van der Waals surface area contributed by atoms with Crippen LogP contribution >= 0.6 is 0 Å². The maximum absolute atomic E-state index is 12.7. The number of benzene rings is 2. The first kappa shape index (κ1) is 17.9. The highest BCUT2D eigenvalue weighted by atomic mass is 16.5. The fraction of sp³-hybridized carbons (Fsp3) is 0.273. The van der Waals surface area contributed by atoms with Crippen LogP contribution in [-0.4, -0.2) is 17.1 Å². The van der Waals surface area contributed by atoms with Gasteiger partial charge < -0.3 is 9.30 Å². The monoisotopic (exact) mass is 349 g/mol. The molecule has 0 bridgehead atoms. The SMILES string of the molecule is CCOC(=O)c1cn(-c2ccc(C(C)(C)C)cc2)c2ccccc2c1=O. The molecule has 0 saturated heterocycles. The lowest BCUT2D eigenvalue weighted by Gasteiger charge is -2.20. The lowest BCUT2D eigenvalue weighted by molar-refractivity contribution is 0.0524. The summed E-state index contributed by atoms with van der Waals surface area (Å²) in [5.41, 5.74) is 2.67. The maximum Gasteiger partial charge on any atom is 0.343 e. The first-order chi connectivity index (χ1) is 12.3. The van der Waals surface area contributed by atoms with Crippen molar-refractivity contribution in [1.82, 2.24) is 4.57 Å². The van der Waals surface area contributed by atoms with Crippen LogP contribution in [0.5, 0.6) is 0 Å². The molecule has 0 unspecified atom stereocenters. The van der Waals surface area contributed by atoms with Gasteiger partial charge in [0.05, 0.1) is 12.1 Å². The van der Waals surface area contributed by atoms with Gasteiger partial charge in [-0.05, 0) is 42.2 Å². The van der Waals surface area contributed by atoms with E-state index in [4.69, 9.17) is 4.74 Å². The quantitative estimate of drug-likeness (QED) is 0.656. The van der Waals surface area contributed by atoms with Crippen molar-refractivity contribution in [3.63, 3.8) is 0 Å². The Kier molecular flexibility index (Phi) is 4.68. The highest BCUT2D eigenvalue weighted by molar-refractivity contribution is 5.94. The maximum atomic E-state index is 12.7. The number of fused-ring (bicyclic) bond motifs is 1. The summed E-state index contributed by atoms with van der Waals surface area (Å²) in [7, 11) is 0. The van der Waals surface area contributed by atoms with Crippen LogP contribution in [0.15, 0.2) is 59.5 Å². The second kappa shape index (κ2) is 6.79. The molecule has 0 atom stereocenters. The highest BCUT2D eigenvalue weighted by Crippen LogP contribution is 2.24. The molecule has 4 heteroatoms. The van der Waals surface area contributed by atoms with Gasteiger partial charge >= 0.3 is 5.97 Å². The number of para-hydroxylation sites is 1. The number of aromatic nitrogens is 1. The average Bonchev–Trinajstić information content (AvgIpc) is 2.62. The van der Waals surface area contributed by atoms with Crippen molar-refractivity contribution in [3.05, 3.63) is 76.1 Å². The highest BCUT2D eigenvalue weighted by Gasteiger charge is 2.18. The molecule has 1 heterocycles. The van der Waals surface area contributed by atoms with E-state index in [1.165, 1.54) is 5.56 Å². The van der Waals surface area contributed by atoms with Crippen LogP contribution in [0, 0.1) is 0 Å². The Labute approximate surface area is 153 Å². The molecular weight excluding hydrogens is 326 g/mol. The van der Waals surface area contributed by atoms with E-state index in [1.807, 2.05) is 28.8 Å². The van der Waals surface area contributed by atoms with Crippen molar-refractivity contribution in [3.8, 4) is 5.69 Å². The predicted molar refractivity (Wildman–Crippen MR) is 104 cm³/mol. The normalized spacial score (nSPS) is 11.5. The van der Waals surface area contributed by atoms with Crippen LogP contribution in [-0.2, 0) is 10.2 Å². The van der Waals surface area contributed by atoms with E-state index in [1.54, 1.807) is 25.3 Å². The summed E-state index contributed by atoms with van der Waals surface area (Å²) in [6.45, 7) is 8.44. The number of carbonyl (C=O) groups excluding carboxylic acids is 1. The van der Waals surface area contributed by atoms with Gasteiger partial charge in [-0.15, -0.1) is 0 Å². The van der Waals surface area contributed by atoms with Gasteiger partial charge in [0.2, 0.25) is 5.43 Å². The van der Waals surface area contributed by atoms with Crippen molar-refractivity contribution in [2.24, 2.45) is 0 Å². The minimum absolute atomic E-state index is 0.0467. The number of esters is 1. The van der Waals surface area contributed by atoms with Gasteiger partial charge in [-0.25, -0.2) is 4.79 Å². The van der Waals surface area contributed by atoms with Gasteiger partial charge in [0.25, 0.3) is 0 Å². The van der Waals surface area contributed by atoms with Crippen molar-refractivity contribution >= 4 is 16.9 Å². The van der Waals surface area contributed by atoms with Crippen molar-refractivity contribution in [2.45, 2.75) is 33.1 Å². The van der Waals surface area contributed by atoms with Crippen molar-refractivity contribution in [1.29, 1.82) is 0 Å². The average molecular weight is 349 g/mol. The van der Waals surface area contributed by atoms with Crippen molar-refractivity contribution < 1.29 is 9.53 Å². The summed E-state index contributed by atoms with van der Waals surface area (Å²) in [4.78, 5) is 24.9. The smallest absolute Gasteiger partial charge is 0.343 e.